The standard InChI is InChI=1S/C8H9BF3N4/c1-5-6(4-15-16-14)2-7(13)3-8(5)9(10,11)12/h2-3H,4,13H2,1H3/q-1. The highest BCUT2D eigenvalue weighted by atomic mass is 19.4. The number of rotatable bonds is 3. The number of benzene rings is 1. The molecule has 0 aliphatic carbocycles. The van der Waals surface area contributed by atoms with Crippen molar-refractivity contribution in [3.8, 4) is 0 Å². The molecule has 1 aromatic carbocycles. The van der Waals surface area contributed by atoms with Crippen LogP contribution in [0.4, 0.5) is 18.6 Å². The van der Waals surface area contributed by atoms with Crippen LogP contribution in [0.3, 0.4) is 0 Å². The van der Waals surface area contributed by atoms with Crippen molar-refractivity contribution in [2.24, 2.45) is 5.11 Å². The molecule has 4 nitrogen and oxygen atoms in total. The second-order valence-electron chi connectivity index (χ2n) is 3.36. The summed E-state index contributed by atoms with van der Waals surface area (Å²) < 4.78 is 37.9. The molecule has 0 heterocycles. The SMILES string of the molecule is Cc1c(CN=[N+]=[N-])cc(N)cc1[B-](F)(F)F. The summed E-state index contributed by atoms with van der Waals surface area (Å²) in [5.41, 5.74) is 13.1. The summed E-state index contributed by atoms with van der Waals surface area (Å²) in [6, 6.07) is 2.28. The lowest BCUT2D eigenvalue weighted by Gasteiger charge is -2.20. The van der Waals surface area contributed by atoms with Gasteiger partial charge >= 0.3 is 6.98 Å². The molecule has 0 saturated carbocycles. The Morgan fingerprint density at radius 3 is 2.56 bits per heavy atom. The van der Waals surface area contributed by atoms with Crippen molar-refractivity contribution in [2.75, 3.05) is 5.73 Å². The molecule has 16 heavy (non-hydrogen) atoms. The number of nitrogen functional groups attached to an aromatic ring is 1. The van der Waals surface area contributed by atoms with Gasteiger partial charge in [-0.05, 0) is 24.1 Å². The molecule has 8 heteroatoms. The Bertz CT molecular complexity index is 451. The van der Waals surface area contributed by atoms with E-state index in [1.165, 1.54) is 13.0 Å². The Hall–Kier alpha value is -1.82. The van der Waals surface area contributed by atoms with Gasteiger partial charge in [0.2, 0.25) is 0 Å². The summed E-state index contributed by atoms with van der Waals surface area (Å²) in [4.78, 5) is 2.50. The summed E-state index contributed by atoms with van der Waals surface area (Å²) in [7, 11) is 0. The topological polar surface area (TPSA) is 74.8 Å². The maximum atomic E-state index is 12.6. The van der Waals surface area contributed by atoms with Crippen molar-refractivity contribution in [3.05, 3.63) is 33.7 Å². The van der Waals surface area contributed by atoms with E-state index in [1.54, 1.807) is 0 Å². The molecule has 0 radical (unpaired) electrons. The van der Waals surface area contributed by atoms with Crippen molar-refractivity contribution in [3.63, 3.8) is 0 Å². The summed E-state index contributed by atoms with van der Waals surface area (Å²) >= 11 is 0. The molecule has 1 rings (SSSR count). The molecule has 86 valence electrons. The van der Waals surface area contributed by atoms with E-state index in [0.29, 0.717) is 5.56 Å². The van der Waals surface area contributed by atoms with Crippen LogP contribution in [0.1, 0.15) is 11.1 Å². The van der Waals surface area contributed by atoms with Crippen molar-refractivity contribution >= 4 is 18.1 Å². The molecule has 0 saturated heterocycles. The number of nitrogens with zero attached hydrogens (tertiary/aromatic N) is 3. The van der Waals surface area contributed by atoms with Crippen LogP contribution in [-0.4, -0.2) is 6.98 Å². The minimum atomic E-state index is -5.10. The van der Waals surface area contributed by atoms with Crippen molar-refractivity contribution in [1.82, 2.24) is 0 Å². The van der Waals surface area contributed by atoms with Crippen molar-refractivity contribution < 1.29 is 12.9 Å². The van der Waals surface area contributed by atoms with E-state index < -0.39 is 12.4 Å². The maximum absolute atomic E-state index is 12.6. The molecule has 0 bridgehead atoms. The highest BCUT2D eigenvalue weighted by molar-refractivity contribution is 6.74. The Morgan fingerprint density at radius 2 is 2.06 bits per heavy atom. The summed E-state index contributed by atoms with van der Waals surface area (Å²) in [5.74, 6) is 0. The van der Waals surface area contributed by atoms with Crippen molar-refractivity contribution in [1.29, 1.82) is 0 Å². The molecule has 0 amide bonds. The Kier molecular flexibility index (Phi) is 3.34. The summed E-state index contributed by atoms with van der Waals surface area (Å²) in [6.45, 7) is -3.90. The lowest BCUT2D eigenvalue weighted by atomic mass is 9.75. The fraction of sp³-hybridized carbons (Fsp3) is 0.250. The fourth-order valence-electron chi connectivity index (χ4n) is 1.44. The number of anilines is 1. The Labute approximate surface area is 89.9 Å². The molecule has 2 N–H and O–H groups in total. The zero-order valence-electron chi connectivity index (χ0n) is 8.49. The van der Waals surface area contributed by atoms with E-state index >= 15 is 0 Å². The Balaban J connectivity index is 3.31. The first-order chi connectivity index (χ1) is 7.36. The molecule has 0 aliphatic heterocycles. The average molecular weight is 229 g/mol. The fourth-order valence-corrected chi connectivity index (χ4v) is 1.44. The van der Waals surface area contributed by atoms with Gasteiger partial charge in [0.05, 0.1) is 6.54 Å². The van der Waals surface area contributed by atoms with Gasteiger partial charge in [-0.25, -0.2) is 0 Å². The molecular formula is C8H9BF3N4-. The molecule has 0 fully saturated rings. The third kappa shape index (κ3) is 2.61. The van der Waals surface area contributed by atoms with Crippen LogP contribution in [-0.2, 0) is 6.54 Å². The van der Waals surface area contributed by atoms with Gasteiger partial charge in [0.25, 0.3) is 0 Å². The smallest absolute Gasteiger partial charge is 0.445 e. The minimum Gasteiger partial charge on any atom is -0.445 e. The number of hydrogen-bond acceptors (Lipinski definition) is 2. The quantitative estimate of drug-likeness (QED) is 0.279. The van der Waals surface area contributed by atoms with Crippen LogP contribution < -0.4 is 11.2 Å². The number of nitrogens with two attached hydrogens (primary N) is 1. The zero-order chi connectivity index (χ0) is 12.3. The first kappa shape index (κ1) is 12.3. The lowest BCUT2D eigenvalue weighted by Crippen LogP contribution is -2.37. The maximum Gasteiger partial charge on any atom is 0.509 e. The van der Waals surface area contributed by atoms with E-state index in [1.807, 2.05) is 0 Å². The predicted octanol–water partition coefficient (Wildman–Crippen LogP) is 2.44. The lowest BCUT2D eigenvalue weighted by molar-refractivity contribution is 0.500. The Morgan fingerprint density at radius 1 is 1.44 bits per heavy atom. The number of halogens is 3. The number of hydrogen-bond donors (Lipinski definition) is 1. The largest absolute Gasteiger partial charge is 0.509 e. The highest BCUT2D eigenvalue weighted by Crippen LogP contribution is 2.19. The second-order valence-corrected chi connectivity index (χ2v) is 3.36. The van der Waals surface area contributed by atoms with Gasteiger partial charge in [-0.15, -0.1) is 5.46 Å². The molecule has 1 aromatic rings. The van der Waals surface area contributed by atoms with Crippen LogP contribution >= 0.6 is 0 Å². The van der Waals surface area contributed by atoms with Gasteiger partial charge in [0, 0.05) is 10.6 Å². The minimum absolute atomic E-state index is 0.0166. The molecule has 0 aliphatic rings. The van der Waals surface area contributed by atoms with Gasteiger partial charge in [0.15, 0.2) is 0 Å². The molecular weight excluding hydrogens is 220 g/mol. The molecule has 0 spiro atoms. The van der Waals surface area contributed by atoms with E-state index in [-0.39, 0.29) is 17.8 Å². The summed E-state index contributed by atoms with van der Waals surface area (Å²) in [6.07, 6.45) is 0. The average Bonchev–Trinajstić information content (AvgIpc) is 2.17. The van der Waals surface area contributed by atoms with Crippen LogP contribution in [0, 0.1) is 6.92 Å². The van der Waals surface area contributed by atoms with Crippen LogP contribution in [0.5, 0.6) is 0 Å². The van der Waals surface area contributed by atoms with E-state index in [9.17, 15) is 12.9 Å². The number of azide groups is 1. The van der Waals surface area contributed by atoms with Gasteiger partial charge in [-0.3, -0.25) is 0 Å². The monoisotopic (exact) mass is 229 g/mol. The molecule has 0 atom stereocenters. The zero-order valence-corrected chi connectivity index (χ0v) is 8.49. The van der Waals surface area contributed by atoms with Gasteiger partial charge in [0.1, 0.15) is 0 Å². The molecule has 0 aromatic heterocycles. The van der Waals surface area contributed by atoms with E-state index in [4.69, 9.17) is 11.3 Å². The highest BCUT2D eigenvalue weighted by Gasteiger charge is 2.28. The normalized spacial score (nSPS) is 11.0. The van der Waals surface area contributed by atoms with E-state index in [2.05, 4.69) is 10.0 Å². The van der Waals surface area contributed by atoms with Gasteiger partial charge in [-0.2, -0.15) is 0 Å². The first-order valence-corrected chi connectivity index (χ1v) is 4.46. The van der Waals surface area contributed by atoms with Crippen LogP contribution in [0.15, 0.2) is 17.2 Å². The third-order valence-electron chi connectivity index (χ3n) is 2.23. The molecule has 0 unspecified atom stereocenters. The first-order valence-electron chi connectivity index (χ1n) is 4.46. The van der Waals surface area contributed by atoms with Gasteiger partial charge in [-0.1, -0.05) is 16.7 Å². The van der Waals surface area contributed by atoms with Crippen LogP contribution in [0.2, 0.25) is 0 Å². The van der Waals surface area contributed by atoms with Crippen molar-refractivity contribution in [2.45, 2.75) is 13.5 Å². The van der Waals surface area contributed by atoms with Gasteiger partial charge < -0.3 is 18.7 Å². The summed E-state index contributed by atoms with van der Waals surface area (Å²) in [5, 5.41) is 3.23. The predicted molar refractivity (Wildman–Crippen MR) is 57.2 cm³/mol. The van der Waals surface area contributed by atoms with E-state index in [0.717, 1.165) is 6.07 Å². The third-order valence-corrected chi connectivity index (χ3v) is 2.23. The second kappa shape index (κ2) is 4.36. The van der Waals surface area contributed by atoms with Crippen LogP contribution in [0.25, 0.3) is 10.4 Å².